The minimum atomic E-state index is -1.38. The first kappa shape index (κ1) is 30.3. The maximum atomic E-state index is 13.3. The molecule has 0 saturated heterocycles. The highest BCUT2D eigenvalue weighted by Gasteiger charge is 2.24. The average molecular weight is 605 g/mol. The number of carboxylic acids is 1. The molecule has 0 aliphatic rings. The van der Waals surface area contributed by atoms with Crippen LogP contribution in [0.4, 0.5) is 0 Å². The van der Waals surface area contributed by atoms with E-state index < -0.39 is 23.8 Å². The van der Waals surface area contributed by atoms with E-state index in [-0.39, 0.29) is 29.5 Å². The van der Waals surface area contributed by atoms with Crippen LogP contribution in [0.2, 0.25) is 10.0 Å². The number of nitrogens with one attached hydrogen (secondary N) is 2. The predicted octanol–water partition coefficient (Wildman–Crippen LogP) is 6.34. The van der Waals surface area contributed by atoms with Gasteiger partial charge in [-0.3, -0.25) is 9.59 Å². The molecule has 4 aromatic rings. The van der Waals surface area contributed by atoms with E-state index in [0.717, 1.165) is 5.56 Å². The summed E-state index contributed by atoms with van der Waals surface area (Å²) in [5.74, 6) is -1.59. The molecule has 4 rings (SSSR count). The molecular formula is C32H26Cl2N2O6. The number of halogens is 2. The van der Waals surface area contributed by atoms with E-state index in [4.69, 9.17) is 32.7 Å². The molecule has 0 spiro atoms. The normalized spacial score (nSPS) is 11.8. The fourth-order valence-electron chi connectivity index (χ4n) is 3.70. The second kappa shape index (κ2) is 14.8. The zero-order valence-electron chi connectivity index (χ0n) is 22.1. The number of hydrogen-bond acceptors (Lipinski definition) is 5. The van der Waals surface area contributed by atoms with Gasteiger partial charge in [-0.2, -0.15) is 0 Å². The number of amides is 2. The van der Waals surface area contributed by atoms with Gasteiger partial charge < -0.3 is 25.2 Å². The van der Waals surface area contributed by atoms with Gasteiger partial charge in [0.15, 0.2) is 6.04 Å². The molecule has 0 heterocycles. The monoisotopic (exact) mass is 604 g/mol. The molecule has 2 amide bonds. The molecule has 0 fully saturated rings. The highest BCUT2D eigenvalue weighted by Crippen LogP contribution is 2.24. The Morgan fingerprint density at radius 1 is 0.810 bits per heavy atom. The summed E-state index contributed by atoms with van der Waals surface area (Å²) < 4.78 is 11.3. The van der Waals surface area contributed by atoms with Crippen LogP contribution in [0.25, 0.3) is 6.08 Å². The third kappa shape index (κ3) is 8.94. The maximum Gasteiger partial charge on any atom is 0.328 e. The Kier molecular flexibility index (Phi) is 10.7. The highest BCUT2D eigenvalue weighted by atomic mass is 35.5. The largest absolute Gasteiger partial charge is 0.480 e. The molecule has 0 radical (unpaired) electrons. The fraction of sp³-hybridized carbons (Fsp3) is 0.0938. The number of ether oxygens (including phenoxy) is 2. The Bertz CT molecular complexity index is 1560. The number of carbonyl (C=O) groups excluding carboxylic acids is 2. The Balaban J connectivity index is 1.49. The second-order valence-corrected chi connectivity index (χ2v) is 9.80. The molecule has 0 aromatic heterocycles. The SMILES string of the molecule is O=C(N[C@@H](COCc1ccccc1)C(=O)O)C(=Cc1ccc(Cl)c(Cl)c1)NC(=O)c1ccc(Oc2ccccc2)cc1. The zero-order chi connectivity index (χ0) is 29.9. The van der Waals surface area contributed by atoms with Crippen LogP contribution in [0, 0.1) is 0 Å². The van der Waals surface area contributed by atoms with Gasteiger partial charge in [-0.05, 0) is 65.7 Å². The summed E-state index contributed by atoms with van der Waals surface area (Å²) in [4.78, 5) is 38.3. The summed E-state index contributed by atoms with van der Waals surface area (Å²) in [6.07, 6.45) is 1.37. The summed E-state index contributed by atoms with van der Waals surface area (Å²) in [6.45, 7) is -0.139. The van der Waals surface area contributed by atoms with Crippen LogP contribution in [0.15, 0.2) is 109 Å². The van der Waals surface area contributed by atoms with Gasteiger partial charge in [-0.25, -0.2) is 4.79 Å². The number of para-hydroxylation sites is 1. The van der Waals surface area contributed by atoms with Crippen LogP contribution in [-0.2, 0) is 20.9 Å². The molecule has 0 aliphatic carbocycles. The van der Waals surface area contributed by atoms with E-state index >= 15 is 0 Å². The zero-order valence-corrected chi connectivity index (χ0v) is 23.6. The van der Waals surface area contributed by atoms with Gasteiger partial charge in [0.25, 0.3) is 11.8 Å². The van der Waals surface area contributed by atoms with E-state index in [1.54, 1.807) is 42.5 Å². The summed E-state index contributed by atoms with van der Waals surface area (Å²) in [5.41, 5.74) is 1.33. The first-order chi connectivity index (χ1) is 20.3. The first-order valence-electron chi connectivity index (χ1n) is 12.7. The summed E-state index contributed by atoms with van der Waals surface area (Å²) in [5, 5.41) is 15.2. The standard InChI is InChI=1S/C32H26Cl2N2O6/c33-26-16-11-22(17-27(26)34)18-28(31(38)36-29(32(39)40)20-41-19-21-7-3-1-4-8-21)35-30(37)23-12-14-25(15-13-23)42-24-9-5-2-6-10-24/h1-18,29H,19-20H2,(H,35,37)(H,36,38)(H,39,40)/t29-/m0/s1. The van der Waals surface area contributed by atoms with Crippen LogP contribution < -0.4 is 15.4 Å². The Morgan fingerprint density at radius 3 is 2.10 bits per heavy atom. The second-order valence-electron chi connectivity index (χ2n) is 8.99. The molecule has 42 heavy (non-hydrogen) atoms. The minimum absolute atomic E-state index is 0.160. The third-order valence-corrected chi connectivity index (χ3v) is 6.58. The van der Waals surface area contributed by atoms with E-state index in [9.17, 15) is 19.5 Å². The maximum absolute atomic E-state index is 13.3. The molecule has 0 saturated carbocycles. The van der Waals surface area contributed by atoms with Crippen molar-refractivity contribution < 1.29 is 29.0 Å². The lowest BCUT2D eigenvalue weighted by Gasteiger charge is -2.17. The lowest BCUT2D eigenvalue weighted by atomic mass is 10.1. The number of carbonyl (C=O) groups is 3. The van der Waals surface area contributed by atoms with Crippen LogP contribution in [-0.4, -0.2) is 35.5 Å². The summed E-state index contributed by atoms with van der Waals surface area (Å²) in [6, 6.07) is 27.9. The smallest absolute Gasteiger partial charge is 0.328 e. The fourth-order valence-corrected chi connectivity index (χ4v) is 4.01. The van der Waals surface area contributed by atoms with E-state index in [1.165, 1.54) is 18.2 Å². The number of benzene rings is 4. The van der Waals surface area contributed by atoms with E-state index in [1.807, 2.05) is 48.5 Å². The Labute approximate surface area is 252 Å². The van der Waals surface area contributed by atoms with Crippen molar-refractivity contribution in [3.05, 3.63) is 136 Å². The molecule has 0 bridgehead atoms. The average Bonchev–Trinajstić information content (AvgIpc) is 2.99. The van der Waals surface area contributed by atoms with Crippen LogP contribution >= 0.6 is 23.2 Å². The molecule has 1 atom stereocenters. The van der Waals surface area contributed by atoms with Gasteiger partial charge in [0, 0.05) is 5.56 Å². The third-order valence-electron chi connectivity index (χ3n) is 5.84. The van der Waals surface area contributed by atoms with Crippen molar-refractivity contribution in [1.29, 1.82) is 0 Å². The first-order valence-corrected chi connectivity index (χ1v) is 13.5. The predicted molar refractivity (Wildman–Crippen MR) is 161 cm³/mol. The van der Waals surface area contributed by atoms with Crippen molar-refractivity contribution in [2.24, 2.45) is 0 Å². The lowest BCUT2D eigenvalue weighted by Crippen LogP contribution is -2.46. The number of rotatable bonds is 12. The van der Waals surface area contributed by atoms with Crippen molar-refractivity contribution in [3.63, 3.8) is 0 Å². The Morgan fingerprint density at radius 2 is 1.45 bits per heavy atom. The van der Waals surface area contributed by atoms with Gasteiger partial charge >= 0.3 is 5.97 Å². The number of aliphatic carboxylic acids is 1. The van der Waals surface area contributed by atoms with Gasteiger partial charge in [0.1, 0.15) is 17.2 Å². The van der Waals surface area contributed by atoms with E-state index in [2.05, 4.69) is 10.6 Å². The minimum Gasteiger partial charge on any atom is -0.480 e. The van der Waals surface area contributed by atoms with Gasteiger partial charge in [0.2, 0.25) is 0 Å². The Hall–Kier alpha value is -4.63. The molecule has 10 heteroatoms. The van der Waals surface area contributed by atoms with Crippen molar-refractivity contribution >= 4 is 47.1 Å². The van der Waals surface area contributed by atoms with E-state index in [0.29, 0.717) is 22.1 Å². The van der Waals surface area contributed by atoms with Crippen molar-refractivity contribution in [3.8, 4) is 11.5 Å². The van der Waals surface area contributed by atoms with Crippen molar-refractivity contribution in [2.45, 2.75) is 12.6 Å². The molecule has 3 N–H and O–H groups in total. The van der Waals surface area contributed by atoms with Crippen molar-refractivity contribution in [2.75, 3.05) is 6.61 Å². The molecule has 0 aliphatic heterocycles. The topological polar surface area (TPSA) is 114 Å². The molecule has 214 valence electrons. The van der Waals surface area contributed by atoms with Gasteiger partial charge in [0.05, 0.1) is 23.3 Å². The molecular weight excluding hydrogens is 579 g/mol. The van der Waals surface area contributed by atoms with Crippen molar-refractivity contribution in [1.82, 2.24) is 10.6 Å². The molecule has 4 aromatic carbocycles. The van der Waals surface area contributed by atoms with Gasteiger partial charge in [-0.15, -0.1) is 0 Å². The molecule has 8 nitrogen and oxygen atoms in total. The summed E-state index contributed by atoms with van der Waals surface area (Å²) in [7, 11) is 0. The highest BCUT2D eigenvalue weighted by molar-refractivity contribution is 6.42. The quantitative estimate of drug-likeness (QED) is 0.162. The summed E-state index contributed by atoms with van der Waals surface area (Å²) >= 11 is 12.1. The van der Waals surface area contributed by atoms with Gasteiger partial charge in [-0.1, -0.05) is 77.8 Å². The van der Waals surface area contributed by atoms with Crippen LogP contribution in [0.3, 0.4) is 0 Å². The number of hydrogen-bond donors (Lipinski definition) is 3. The lowest BCUT2D eigenvalue weighted by molar-refractivity contribution is -0.143. The number of carboxylic acid groups (broad SMARTS) is 1. The van der Waals surface area contributed by atoms with Crippen LogP contribution in [0.5, 0.6) is 11.5 Å². The molecule has 0 unspecified atom stereocenters. The van der Waals surface area contributed by atoms with Crippen LogP contribution in [0.1, 0.15) is 21.5 Å².